The third-order valence-electron chi connectivity index (χ3n) is 5.39. The minimum Gasteiger partial charge on any atom is -0.466 e. The van der Waals surface area contributed by atoms with Gasteiger partial charge in [-0.15, -0.1) is 0 Å². The van der Waals surface area contributed by atoms with Gasteiger partial charge < -0.3 is 9.47 Å². The molecule has 1 aromatic carbocycles. The summed E-state index contributed by atoms with van der Waals surface area (Å²) in [6, 6.07) is 4.63. The largest absolute Gasteiger partial charge is 0.466 e. The maximum atomic E-state index is 13.3. The monoisotopic (exact) mass is 472 g/mol. The predicted molar refractivity (Wildman–Crippen MR) is 125 cm³/mol. The Morgan fingerprint density at radius 1 is 1.21 bits per heavy atom. The number of rotatable bonds is 10. The maximum absolute atomic E-state index is 13.3. The fraction of sp³-hybridized carbons (Fsp3) is 0.458. The van der Waals surface area contributed by atoms with Crippen LogP contribution in [-0.4, -0.2) is 46.7 Å². The summed E-state index contributed by atoms with van der Waals surface area (Å²) in [6.07, 6.45) is 7.07. The minimum absolute atomic E-state index is 0.0177. The number of fused-ring (bicyclic) bond motifs is 1. The molecule has 0 amide bonds. The topological polar surface area (TPSA) is 105 Å². The molecular formula is C24H28N2O6S. The first-order valence-electron chi connectivity index (χ1n) is 11.0. The zero-order valence-corrected chi connectivity index (χ0v) is 19.7. The average molecular weight is 473 g/mol. The van der Waals surface area contributed by atoms with Crippen LogP contribution in [0.5, 0.6) is 0 Å². The molecule has 176 valence electrons. The molecule has 33 heavy (non-hydrogen) atoms. The molecule has 0 fully saturated rings. The van der Waals surface area contributed by atoms with E-state index in [1.807, 2.05) is 0 Å². The van der Waals surface area contributed by atoms with Gasteiger partial charge in [0.2, 0.25) is 0 Å². The van der Waals surface area contributed by atoms with Crippen molar-refractivity contribution < 1.29 is 23.9 Å². The Bertz CT molecular complexity index is 1140. The zero-order valence-electron chi connectivity index (χ0n) is 18.9. The van der Waals surface area contributed by atoms with Crippen molar-refractivity contribution in [2.75, 3.05) is 19.5 Å². The van der Waals surface area contributed by atoms with Gasteiger partial charge in [-0.05, 0) is 57.2 Å². The molecule has 8 nitrogen and oxygen atoms in total. The van der Waals surface area contributed by atoms with Gasteiger partial charge in [0, 0.05) is 6.54 Å². The highest BCUT2D eigenvalue weighted by atomic mass is 32.2. The number of ether oxygens (including phenoxy) is 2. The van der Waals surface area contributed by atoms with Crippen LogP contribution in [0.2, 0.25) is 0 Å². The number of carbonyl (C=O) groups is 3. The average Bonchev–Trinajstić information content (AvgIpc) is 2.82. The van der Waals surface area contributed by atoms with Crippen LogP contribution in [0.4, 0.5) is 0 Å². The van der Waals surface area contributed by atoms with E-state index in [-0.39, 0.29) is 35.7 Å². The Labute approximate surface area is 196 Å². The van der Waals surface area contributed by atoms with Crippen LogP contribution in [-0.2, 0) is 25.6 Å². The normalized spacial score (nSPS) is 13.5. The molecule has 0 atom stereocenters. The second kappa shape index (κ2) is 11.8. The van der Waals surface area contributed by atoms with Gasteiger partial charge in [0.25, 0.3) is 5.56 Å². The van der Waals surface area contributed by atoms with Gasteiger partial charge in [-0.25, -0.2) is 9.78 Å². The van der Waals surface area contributed by atoms with Crippen LogP contribution < -0.4 is 5.56 Å². The van der Waals surface area contributed by atoms with Crippen molar-refractivity contribution >= 4 is 40.4 Å². The number of esters is 2. The van der Waals surface area contributed by atoms with Crippen LogP contribution in [0.1, 0.15) is 55.8 Å². The minimum atomic E-state index is -0.570. The highest BCUT2D eigenvalue weighted by Crippen LogP contribution is 2.23. The van der Waals surface area contributed by atoms with Gasteiger partial charge in [-0.2, -0.15) is 0 Å². The van der Waals surface area contributed by atoms with Crippen molar-refractivity contribution in [1.29, 1.82) is 0 Å². The molecule has 0 bridgehead atoms. The lowest BCUT2D eigenvalue weighted by Gasteiger charge is -2.16. The number of ketones is 1. The Morgan fingerprint density at radius 2 is 2.03 bits per heavy atom. The summed E-state index contributed by atoms with van der Waals surface area (Å²) in [5.74, 6) is -1.42. The van der Waals surface area contributed by atoms with Gasteiger partial charge >= 0.3 is 11.9 Å². The van der Waals surface area contributed by atoms with Gasteiger partial charge in [-0.1, -0.05) is 23.4 Å². The van der Waals surface area contributed by atoms with Gasteiger partial charge in [0.1, 0.15) is 6.42 Å². The van der Waals surface area contributed by atoms with E-state index in [2.05, 4.69) is 11.1 Å². The summed E-state index contributed by atoms with van der Waals surface area (Å²) in [6.45, 7) is 2.34. The fourth-order valence-electron chi connectivity index (χ4n) is 3.71. The molecule has 0 radical (unpaired) electrons. The van der Waals surface area contributed by atoms with Crippen molar-refractivity contribution in [2.45, 2.75) is 57.1 Å². The number of methoxy groups -OCH3 is 1. The summed E-state index contributed by atoms with van der Waals surface area (Å²) in [4.78, 5) is 53.6. The van der Waals surface area contributed by atoms with Crippen molar-refractivity contribution in [3.05, 3.63) is 45.8 Å². The van der Waals surface area contributed by atoms with Gasteiger partial charge in [-0.3, -0.25) is 19.0 Å². The van der Waals surface area contributed by atoms with Gasteiger partial charge in [0.05, 0.1) is 35.9 Å². The molecule has 0 unspecified atom stereocenters. The summed E-state index contributed by atoms with van der Waals surface area (Å²) in [7, 11) is 1.29. The lowest BCUT2D eigenvalue weighted by atomic mass is 9.97. The van der Waals surface area contributed by atoms with Gasteiger partial charge in [0.15, 0.2) is 10.9 Å². The fourth-order valence-corrected chi connectivity index (χ4v) is 4.59. The zero-order chi connectivity index (χ0) is 23.8. The van der Waals surface area contributed by atoms with Crippen molar-refractivity contribution in [2.24, 2.45) is 0 Å². The number of Topliss-reactive ketones (excluding diaryl/α,β-unsaturated/α-hetero) is 1. The highest BCUT2D eigenvalue weighted by Gasteiger charge is 2.17. The van der Waals surface area contributed by atoms with Crippen LogP contribution in [0.25, 0.3) is 10.9 Å². The molecule has 2 aromatic rings. The Kier molecular flexibility index (Phi) is 8.82. The second-order valence-corrected chi connectivity index (χ2v) is 8.68. The van der Waals surface area contributed by atoms with E-state index in [1.54, 1.807) is 23.6 Å². The number of allylic oxidation sites excluding steroid dienone is 2. The molecule has 3 rings (SSSR count). The van der Waals surface area contributed by atoms with Crippen molar-refractivity contribution in [1.82, 2.24) is 9.55 Å². The number of benzene rings is 1. The van der Waals surface area contributed by atoms with Crippen LogP contribution in [0, 0.1) is 0 Å². The third kappa shape index (κ3) is 6.54. The first-order valence-corrected chi connectivity index (χ1v) is 12.0. The quantitative estimate of drug-likeness (QED) is 0.170. The predicted octanol–water partition coefficient (Wildman–Crippen LogP) is 3.69. The van der Waals surface area contributed by atoms with E-state index in [9.17, 15) is 19.2 Å². The first kappa shape index (κ1) is 24.7. The first-order chi connectivity index (χ1) is 15.9. The molecule has 0 saturated heterocycles. The van der Waals surface area contributed by atoms with Crippen LogP contribution in [0.3, 0.4) is 0 Å². The summed E-state index contributed by atoms with van der Waals surface area (Å²) in [5.41, 5.74) is 1.74. The molecule has 0 saturated carbocycles. The summed E-state index contributed by atoms with van der Waals surface area (Å²) >= 11 is 1.11. The molecule has 1 aliphatic carbocycles. The van der Waals surface area contributed by atoms with Crippen LogP contribution in [0.15, 0.2) is 39.8 Å². The van der Waals surface area contributed by atoms with E-state index in [0.717, 1.165) is 37.4 Å². The summed E-state index contributed by atoms with van der Waals surface area (Å²) < 4.78 is 11.2. The van der Waals surface area contributed by atoms with Crippen LogP contribution >= 0.6 is 11.8 Å². The SMILES string of the molecule is CCOC(=O)CC(=O)CSc1nc2cc(C(=O)OC)ccc2c(=O)n1CCC1=CCCCC1. The third-order valence-corrected chi connectivity index (χ3v) is 6.43. The van der Waals surface area contributed by atoms with E-state index in [4.69, 9.17) is 9.47 Å². The number of hydrogen-bond acceptors (Lipinski definition) is 8. The maximum Gasteiger partial charge on any atom is 0.337 e. The van der Waals surface area contributed by atoms with E-state index >= 15 is 0 Å². The van der Waals surface area contributed by atoms with E-state index < -0.39 is 11.9 Å². The molecule has 1 heterocycles. The lowest BCUT2D eigenvalue weighted by molar-refractivity contribution is -0.145. The molecule has 0 N–H and O–H groups in total. The smallest absolute Gasteiger partial charge is 0.337 e. The lowest BCUT2D eigenvalue weighted by Crippen LogP contribution is -2.24. The number of aromatic nitrogens is 2. The standard InChI is InChI=1S/C24H28N2O6S/c1-3-32-21(28)14-18(27)15-33-24-25-20-13-17(23(30)31-2)9-10-19(20)22(29)26(24)12-11-16-7-5-4-6-8-16/h7,9-10,13H,3-6,8,11-12,14-15H2,1-2H3. The summed E-state index contributed by atoms with van der Waals surface area (Å²) in [5, 5.41) is 0.769. The van der Waals surface area contributed by atoms with Crippen molar-refractivity contribution in [3.63, 3.8) is 0 Å². The molecule has 1 aromatic heterocycles. The van der Waals surface area contributed by atoms with Crippen molar-refractivity contribution in [3.8, 4) is 0 Å². The second-order valence-electron chi connectivity index (χ2n) is 7.74. The van der Waals surface area contributed by atoms with E-state index in [1.165, 1.54) is 25.2 Å². The molecule has 0 spiro atoms. The molecular weight excluding hydrogens is 444 g/mol. The molecule has 1 aliphatic rings. The van der Waals surface area contributed by atoms with E-state index in [0.29, 0.717) is 22.6 Å². The number of thioether (sulfide) groups is 1. The Hall–Kier alpha value is -2.94. The number of hydrogen-bond donors (Lipinski definition) is 0. The molecule has 0 aliphatic heterocycles. The number of carbonyl (C=O) groups excluding carboxylic acids is 3. The highest BCUT2D eigenvalue weighted by molar-refractivity contribution is 7.99. The Morgan fingerprint density at radius 3 is 2.73 bits per heavy atom. The molecule has 9 heteroatoms. The number of nitrogens with zero attached hydrogens (tertiary/aromatic N) is 2. The Balaban J connectivity index is 1.90.